The second-order valence-electron chi connectivity index (χ2n) is 5.93. The molecule has 0 aromatic carbocycles. The number of aryl methyl sites for hydroxylation is 3. The lowest BCUT2D eigenvalue weighted by molar-refractivity contribution is -0.137. The molecule has 0 aliphatic rings. The molecule has 3 aromatic rings. The molecule has 11 heteroatoms. The Morgan fingerprint density at radius 1 is 1.22 bits per heavy atom. The van der Waals surface area contributed by atoms with Gasteiger partial charge in [0.05, 0.1) is 23.3 Å². The minimum atomic E-state index is -4.52. The average molecular weight is 380 g/mol. The van der Waals surface area contributed by atoms with Crippen LogP contribution < -0.4 is 10.6 Å². The molecular weight excluding hydrogens is 361 g/mol. The zero-order chi connectivity index (χ0) is 19.6. The third-order valence-corrected chi connectivity index (χ3v) is 4.03. The first kappa shape index (κ1) is 18.7. The number of nitrogens with zero attached hydrogens (tertiary/aromatic N) is 6. The largest absolute Gasteiger partial charge is 0.421 e. The number of halogens is 3. The van der Waals surface area contributed by atoms with E-state index in [1.165, 1.54) is 7.05 Å². The lowest BCUT2D eigenvalue weighted by Gasteiger charge is -2.12. The number of nitrogens with one attached hydrogen (secondary N) is 2. The highest BCUT2D eigenvalue weighted by molar-refractivity contribution is 5.57. The molecule has 0 aliphatic heterocycles. The van der Waals surface area contributed by atoms with E-state index in [2.05, 4.69) is 30.8 Å². The Labute approximate surface area is 153 Å². The lowest BCUT2D eigenvalue weighted by Crippen LogP contribution is -2.12. The topological polar surface area (TPSA) is 85.5 Å². The number of rotatable bonds is 6. The predicted octanol–water partition coefficient (Wildman–Crippen LogP) is 2.76. The summed E-state index contributed by atoms with van der Waals surface area (Å²) < 4.78 is 42.3. The first-order chi connectivity index (χ1) is 12.8. The van der Waals surface area contributed by atoms with E-state index >= 15 is 0 Å². The van der Waals surface area contributed by atoms with E-state index in [9.17, 15) is 13.2 Å². The number of alkyl halides is 3. The minimum Gasteiger partial charge on any atom is -0.372 e. The van der Waals surface area contributed by atoms with Gasteiger partial charge in [-0.1, -0.05) is 0 Å². The maximum absolute atomic E-state index is 12.9. The molecule has 144 valence electrons. The molecule has 0 radical (unpaired) electrons. The van der Waals surface area contributed by atoms with Crippen LogP contribution in [0.1, 0.15) is 17.0 Å². The standard InChI is InChI=1S/C16H19F3N8/c1-10-13(9-22-27(10)7-5-11-4-6-26(3)25-11)23-15-21-8-12(16(17,18)19)14(20-2)24-15/h4,6,8-9H,5,7H2,1-3H3,(H2,20,21,23,24). The summed E-state index contributed by atoms with van der Waals surface area (Å²) in [5.41, 5.74) is 1.48. The summed E-state index contributed by atoms with van der Waals surface area (Å²) in [6, 6.07) is 1.94. The molecule has 3 aromatic heterocycles. The SMILES string of the molecule is CNc1nc(Nc2cnn(CCc3ccn(C)n3)c2C)ncc1C(F)(F)F. The van der Waals surface area contributed by atoms with Crippen molar-refractivity contribution in [3.05, 3.63) is 41.6 Å². The van der Waals surface area contributed by atoms with Crippen LogP contribution in [-0.4, -0.2) is 36.6 Å². The quantitative estimate of drug-likeness (QED) is 0.684. The van der Waals surface area contributed by atoms with Crippen molar-refractivity contribution >= 4 is 17.5 Å². The van der Waals surface area contributed by atoms with E-state index in [1.54, 1.807) is 15.6 Å². The van der Waals surface area contributed by atoms with Gasteiger partial charge < -0.3 is 10.6 Å². The van der Waals surface area contributed by atoms with Gasteiger partial charge >= 0.3 is 6.18 Å². The molecule has 0 saturated carbocycles. The minimum absolute atomic E-state index is 0.0553. The Hall–Kier alpha value is -3.11. The molecule has 0 fully saturated rings. The second kappa shape index (κ2) is 7.25. The van der Waals surface area contributed by atoms with Gasteiger partial charge in [-0.25, -0.2) is 4.98 Å². The lowest BCUT2D eigenvalue weighted by atomic mass is 10.3. The third kappa shape index (κ3) is 4.18. The molecule has 0 unspecified atom stereocenters. The van der Waals surface area contributed by atoms with Crippen LogP contribution in [0, 0.1) is 6.92 Å². The van der Waals surface area contributed by atoms with Gasteiger partial charge in [-0.2, -0.15) is 28.4 Å². The van der Waals surface area contributed by atoms with Gasteiger partial charge in [0.15, 0.2) is 0 Å². The van der Waals surface area contributed by atoms with Gasteiger partial charge in [0.2, 0.25) is 5.95 Å². The van der Waals surface area contributed by atoms with Crippen LogP contribution in [0.5, 0.6) is 0 Å². The van der Waals surface area contributed by atoms with Crippen molar-refractivity contribution in [2.75, 3.05) is 17.7 Å². The van der Waals surface area contributed by atoms with Crippen LogP contribution in [0.15, 0.2) is 24.7 Å². The first-order valence-electron chi connectivity index (χ1n) is 8.18. The monoisotopic (exact) mass is 380 g/mol. The number of hydrogen-bond acceptors (Lipinski definition) is 6. The Balaban J connectivity index is 1.73. The highest BCUT2D eigenvalue weighted by Crippen LogP contribution is 2.33. The van der Waals surface area contributed by atoms with Crippen molar-refractivity contribution in [1.29, 1.82) is 0 Å². The number of hydrogen-bond donors (Lipinski definition) is 2. The molecule has 27 heavy (non-hydrogen) atoms. The van der Waals surface area contributed by atoms with Gasteiger partial charge in [-0.15, -0.1) is 0 Å². The zero-order valence-electron chi connectivity index (χ0n) is 15.0. The van der Waals surface area contributed by atoms with Gasteiger partial charge in [-0.3, -0.25) is 9.36 Å². The summed E-state index contributed by atoms with van der Waals surface area (Å²) in [6.45, 7) is 2.48. The molecule has 0 aliphatic carbocycles. The molecule has 0 bridgehead atoms. The Kier molecular flexibility index (Phi) is 5.02. The molecule has 0 amide bonds. The van der Waals surface area contributed by atoms with E-state index in [0.29, 0.717) is 18.7 Å². The van der Waals surface area contributed by atoms with E-state index < -0.39 is 11.7 Å². The predicted molar refractivity (Wildman–Crippen MR) is 93.7 cm³/mol. The maximum Gasteiger partial charge on any atom is 0.421 e. The van der Waals surface area contributed by atoms with E-state index in [-0.39, 0.29) is 11.8 Å². The molecule has 2 N–H and O–H groups in total. The Morgan fingerprint density at radius 2 is 2.00 bits per heavy atom. The van der Waals surface area contributed by atoms with Crippen LogP contribution in [-0.2, 0) is 26.2 Å². The van der Waals surface area contributed by atoms with E-state index in [4.69, 9.17) is 0 Å². The molecule has 3 heterocycles. The van der Waals surface area contributed by atoms with Gasteiger partial charge in [0.25, 0.3) is 0 Å². The van der Waals surface area contributed by atoms with Gasteiger partial charge in [0, 0.05) is 39.5 Å². The molecular formula is C16H19F3N8. The van der Waals surface area contributed by atoms with E-state index in [0.717, 1.165) is 17.6 Å². The fraction of sp³-hybridized carbons (Fsp3) is 0.375. The summed E-state index contributed by atoms with van der Waals surface area (Å²) in [7, 11) is 3.23. The van der Waals surface area contributed by atoms with E-state index in [1.807, 2.05) is 26.2 Å². The van der Waals surface area contributed by atoms with Crippen molar-refractivity contribution in [3.63, 3.8) is 0 Å². The smallest absolute Gasteiger partial charge is 0.372 e. The van der Waals surface area contributed by atoms with Crippen LogP contribution in [0.4, 0.5) is 30.6 Å². The zero-order valence-corrected chi connectivity index (χ0v) is 15.0. The first-order valence-corrected chi connectivity index (χ1v) is 8.18. The number of aromatic nitrogens is 6. The molecule has 0 saturated heterocycles. The number of anilines is 3. The van der Waals surface area contributed by atoms with Crippen molar-refractivity contribution < 1.29 is 13.2 Å². The summed E-state index contributed by atoms with van der Waals surface area (Å²) in [6.07, 6.45) is 0.405. The third-order valence-electron chi connectivity index (χ3n) is 4.03. The molecule has 0 atom stereocenters. The Morgan fingerprint density at radius 3 is 2.63 bits per heavy atom. The summed E-state index contributed by atoms with van der Waals surface area (Å²) in [5.74, 6) is -0.236. The van der Waals surface area contributed by atoms with Gasteiger partial charge in [0.1, 0.15) is 11.4 Å². The fourth-order valence-corrected chi connectivity index (χ4v) is 2.57. The average Bonchev–Trinajstić information content (AvgIpc) is 3.18. The molecule has 3 rings (SSSR count). The fourth-order valence-electron chi connectivity index (χ4n) is 2.57. The van der Waals surface area contributed by atoms with Crippen LogP contribution in [0.25, 0.3) is 0 Å². The van der Waals surface area contributed by atoms with Crippen molar-refractivity contribution in [3.8, 4) is 0 Å². The van der Waals surface area contributed by atoms with Crippen molar-refractivity contribution in [2.45, 2.75) is 26.1 Å². The second-order valence-corrected chi connectivity index (χ2v) is 5.93. The van der Waals surface area contributed by atoms with Crippen LogP contribution in [0.3, 0.4) is 0 Å². The Bertz CT molecular complexity index is 928. The van der Waals surface area contributed by atoms with Crippen LogP contribution in [0.2, 0.25) is 0 Å². The summed E-state index contributed by atoms with van der Waals surface area (Å²) in [5, 5.41) is 14.0. The van der Waals surface area contributed by atoms with Crippen molar-refractivity contribution in [1.82, 2.24) is 29.5 Å². The highest BCUT2D eigenvalue weighted by Gasteiger charge is 2.35. The van der Waals surface area contributed by atoms with Crippen molar-refractivity contribution in [2.24, 2.45) is 7.05 Å². The maximum atomic E-state index is 12.9. The summed E-state index contributed by atoms with van der Waals surface area (Å²) in [4.78, 5) is 7.66. The molecule has 0 spiro atoms. The molecule has 8 nitrogen and oxygen atoms in total. The highest BCUT2D eigenvalue weighted by atomic mass is 19.4. The summed E-state index contributed by atoms with van der Waals surface area (Å²) >= 11 is 0. The van der Waals surface area contributed by atoms with Gasteiger partial charge in [-0.05, 0) is 13.0 Å². The van der Waals surface area contributed by atoms with Crippen LogP contribution >= 0.6 is 0 Å². The normalized spacial score (nSPS) is 11.6.